The van der Waals surface area contributed by atoms with Gasteiger partial charge in [-0.2, -0.15) is 0 Å². The van der Waals surface area contributed by atoms with Crippen molar-refractivity contribution in [2.24, 2.45) is 0 Å². The number of aryl methyl sites for hydroxylation is 2. The van der Waals surface area contributed by atoms with Crippen LogP contribution in [0.3, 0.4) is 0 Å². The average Bonchev–Trinajstić information content (AvgIpc) is 2.86. The normalized spacial score (nSPS) is 13.2. The molecule has 0 aliphatic heterocycles. The third kappa shape index (κ3) is 4.36. The number of hydrogen-bond donors (Lipinski definition) is 2. The Morgan fingerprint density at radius 3 is 2.38 bits per heavy atom. The smallest absolute Gasteiger partial charge is 0.253 e. The van der Waals surface area contributed by atoms with Gasteiger partial charge in [0.2, 0.25) is 5.91 Å². The van der Waals surface area contributed by atoms with Crippen LogP contribution in [0.2, 0.25) is 5.02 Å². The van der Waals surface area contributed by atoms with Gasteiger partial charge in [0.15, 0.2) is 0 Å². The number of carbonyl (C=O) groups excluding carboxylic acids is 2. The summed E-state index contributed by atoms with van der Waals surface area (Å²) in [7, 11) is 0. The third-order valence-corrected chi connectivity index (χ3v) is 5.08. The summed E-state index contributed by atoms with van der Waals surface area (Å²) in [6.45, 7) is 7.68. The minimum Gasteiger partial charge on any atom is -0.348 e. The van der Waals surface area contributed by atoms with Crippen LogP contribution >= 0.6 is 22.9 Å². The molecule has 0 aliphatic carbocycles. The van der Waals surface area contributed by atoms with E-state index in [0.29, 0.717) is 10.6 Å². The second-order valence-corrected chi connectivity index (χ2v) is 7.64. The van der Waals surface area contributed by atoms with Crippen LogP contribution in [0.1, 0.15) is 45.6 Å². The molecule has 0 unspecified atom stereocenters. The van der Waals surface area contributed by atoms with Crippen molar-refractivity contribution < 1.29 is 9.59 Å². The van der Waals surface area contributed by atoms with E-state index in [4.69, 9.17) is 11.6 Å². The highest BCUT2D eigenvalue weighted by Crippen LogP contribution is 2.26. The molecule has 2 rings (SSSR count). The van der Waals surface area contributed by atoms with Gasteiger partial charge in [-0.3, -0.25) is 9.59 Å². The lowest BCUT2D eigenvalue weighted by atomic mass is 10.1. The first kappa shape index (κ1) is 18.5. The molecule has 0 fully saturated rings. The molecule has 2 amide bonds. The second-order valence-electron chi connectivity index (χ2n) is 5.77. The maximum absolute atomic E-state index is 12.3. The second kappa shape index (κ2) is 7.81. The molecule has 1 heterocycles. The van der Waals surface area contributed by atoms with E-state index in [9.17, 15) is 9.59 Å². The van der Waals surface area contributed by atoms with Crippen molar-refractivity contribution >= 4 is 34.8 Å². The molecule has 0 saturated carbocycles. The Kier molecular flexibility index (Phi) is 6.02. The Morgan fingerprint density at radius 2 is 1.79 bits per heavy atom. The summed E-state index contributed by atoms with van der Waals surface area (Å²) in [5.41, 5.74) is 1.46. The summed E-state index contributed by atoms with van der Waals surface area (Å²) in [5.74, 6) is -0.593. The molecule has 1 aromatic carbocycles. The Hall–Kier alpha value is -1.85. The van der Waals surface area contributed by atoms with E-state index < -0.39 is 6.04 Å². The van der Waals surface area contributed by atoms with Gasteiger partial charge < -0.3 is 10.6 Å². The summed E-state index contributed by atoms with van der Waals surface area (Å²) >= 11 is 7.71. The molecular weight excluding hydrogens is 344 g/mol. The standard InChI is InChI=1S/C18H21ClN2O2S/c1-10-9-15(13(4)24-10)11(2)20-17(22)12(3)21-18(23)14-7-5-6-8-16(14)19/h5-9,11-12H,1-4H3,(H,20,22)(H,21,23)/t11-,12-/m0/s1. The van der Waals surface area contributed by atoms with E-state index >= 15 is 0 Å². The van der Waals surface area contributed by atoms with Crippen LogP contribution in [0.4, 0.5) is 0 Å². The van der Waals surface area contributed by atoms with E-state index in [1.54, 1.807) is 42.5 Å². The number of nitrogens with one attached hydrogen (secondary N) is 2. The number of halogens is 1. The molecule has 0 spiro atoms. The molecule has 24 heavy (non-hydrogen) atoms. The fourth-order valence-corrected chi connectivity index (χ4v) is 3.73. The van der Waals surface area contributed by atoms with Crippen molar-refractivity contribution in [1.29, 1.82) is 0 Å². The molecule has 1 aromatic heterocycles. The first-order valence-electron chi connectivity index (χ1n) is 7.72. The summed E-state index contributed by atoms with van der Waals surface area (Å²) in [6, 6.07) is 8.07. The average molecular weight is 365 g/mol. The highest BCUT2D eigenvalue weighted by molar-refractivity contribution is 7.12. The number of rotatable bonds is 5. The maximum Gasteiger partial charge on any atom is 0.253 e. The molecule has 2 atom stereocenters. The Labute approximate surface area is 151 Å². The van der Waals surface area contributed by atoms with Gasteiger partial charge in [-0.15, -0.1) is 11.3 Å². The number of amides is 2. The van der Waals surface area contributed by atoms with E-state index in [1.807, 2.05) is 20.8 Å². The topological polar surface area (TPSA) is 58.2 Å². The van der Waals surface area contributed by atoms with Gasteiger partial charge >= 0.3 is 0 Å². The van der Waals surface area contributed by atoms with E-state index in [2.05, 4.69) is 16.7 Å². The van der Waals surface area contributed by atoms with E-state index in [1.165, 1.54) is 9.75 Å². The van der Waals surface area contributed by atoms with Crippen molar-refractivity contribution in [3.63, 3.8) is 0 Å². The van der Waals surface area contributed by atoms with Gasteiger partial charge in [0.1, 0.15) is 6.04 Å². The third-order valence-electron chi connectivity index (χ3n) is 3.76. The van der Waals surface area contributed by atoms with Gasteiger partial charge in [0.05, 0.1) is 16.6 Å². The van der Waals surface area contributed by atoms with Crippen molar-refractivity contribution in [3.05, 3.63) is 56.2 Å². The first-order valence-corrected chi connectivity index (χ1v) is 8.91. The van der Waals surface area contributed by atoms with Gasteiger partial charge in [-0.05, 0) is 51.5 Å². The largest absolute Gasteiger partial charge is 0.348 e. The Morgan fingerprint density at radius 1 is 1.12 bits per heavy atom. The lowest BCUT2D eigenvalue weighted by Gasteiger charge is -2.19. The predicted molar refractivity (Wildman–Crippen MR) is 98.7 cm³/mol. The Balaban J connectivity index is 1.98. The van der Waals surface area contributed by atoms with Crippen LogP contribution in [0.15, 0.2) is 30.3 Å². The number of benzene rings is 1. The van der Waals surface area contributed by atoms with Crippen molar-refractivity contribution in [2.45, 2.75) is 39.8 Å². The highest BCUT2D eigenvalue weighted by Gasteiger charge is 2.21. The van der Waals surface area contributed by atoms with Gasteiger partial charge in [0, 0.05) is 9.75 Å². The lowest BCUT2D eigenvalue weighted by molar-refractivity contribution is -0.123. The van der Waals surface area contributed by atoms with E-state index in [-0.39, 0.29) is 17.9 Å². The number of carbonyl (C=O) groups is 2. The monoisotopic (exact) mass is 364 g/mol. The minimum atomic E-state index is -0.656. The fraction of sp³-hybridized carbons (Fsp3) is 0.333. The van der Waals surface area contributed by atoms with E-state index in [0.717, 1.165) is 5.56 Å². The molecule has 4 nitrogen and oxygen atoms in total. The summed E-state index contributed by atoms with van der Waals surface area (Å²) < 4.78 is 0. The first-order chi connectivity index (χ1) is 11.3. The van der Waals surface area contributed by atoms with Gasteiger partial charge in [-0.1, -0.05) is 23.7 Å². The van der Waals surface area contributed by atoms with Crippen molar-refractivity contribution in [2.75, 3.05) is 0 Å². The Bertz CT molecular complexity index is 757. The van der Waals surface area contributed by atoms with Crippen LogP contribution in [0.25, 0.3) is 0 Å². The fourth-order valence-electron chi connectivity index (χ4n) is 2.48. The minimum absolute atomic E-state index is 0.109. The molecule has 0 aliphatic rings. The molecule has 0 bridgehead atoms. The summed E-state index contributed by atoms with van der Waals surface area (Å²) in [5, 5.41) is 5.98. The lowest BCUT2D eigenvalue weighted by Crippen LogP contribution is -2.45. The molecule has 2 N–H and O–H groups in total. The SMILES string of the molecule is Cc1cc([C@H](C)NC(=O)[C@H](C)NC(=O)c2ccccc2Cl)c(C)s1. The van der Waals surface area contributed by atoms with Crippen LogP contribution in [0, 0.1) is 13.8 Å². The zero-order valence-electron chi connectivity index (χ0n) is 14.1. The van der Waals surface area contributed by atoms with Crippen LogP contribution in [-0.4, -0.2) is 17.9 Å². The maximum atomic E-state index is 12.3. The molecular formula is C18H21ClN2O2S. The predicted octanol–water partition coefficient (Wildman–Crippen LogP) is 4.01. The summed E-state index contributed by atoms with van der Waals surface area (Å²) in [6.07, 6.45) is 0. The number of hydrogen-bond acceptors (Lipinski definition) is 3. The molecule has 6 heteroatoms. The molecule has 2 aromatic rings. The van der Waals surface area contributed by atoms with Crippen molar-refractivity contribution in [1.82, 2.24) is 10.6 Å². The molecule has 0 saturated heterocycles. The summed E-state index contributed by atoms with van der Waals surface area (Å²) in [4.78, 5) is 27.0. The molecule has 0 radical (unpaired) electrons. The van der Waals surface area contributed by atoms with Gasteiger partial charge in [0.25, 0.3) is 5.91 Å². The highest BCUT2D eigenvalue weighted by atomic mass is 35.5. The quantitative estimate of drug-likeness (QED) is 0.842. The number of thiophene rings is 1. The van der Waals surface area contributed by atoms with Crippen molar-refractivity contribution in [3.8, 4) is 0 Å². The van der Waals surface area contributed by atoms with Crippen LogP contribution in [-0.2, 0) is 4.79 Å². The van der Waals surface area contributed by atoms with Crippen LogP contribution < -0.4 is 10.6 Å². The zero-order valence-corrected chi connectivity index (χ0v) is 15.7. The van der Waals surface area contributed by atoms with Crippen LogP contribution in [0.5, 0.6) is 0 Å². The molecule has 128 valence electrons. The zero-order chi connectivity index (χ0) is 17.9. The van der Waals surface area contributed by atoms with Gasteiger partial charge in [-0.25, -0.2) is 0 Å².